The fourth-order valence-electron chi connectivity index (χ4n) is 5.42. The van der Waals surface area contributed by atoms with Crippen molar-refractivity contribution >= 4 is 12.0 Å². The minimum atomic E-state index is -4.45. The van der Waals surface area contributed by atoms with Gasteiger partial charge in [0.25, 0.3) is 5.91 Å². The number of amides is 2. The number of hydrogen-bond donors (Lipinski definition) is 0. The predicted octanol–water partition coefficient (Wildman–Crippen LogP) is 5.84. The van der Waals surface area contributed by atoms with Crippen LogP contribution in [0.25, 0.3) is 0 Å². The van der Waals surface area contributed by atoms with Crippen molar-refractivity contribution in [3.05, 3.63) is 107 Å². The van der Waals surface area contributed by atoms with Crippen molar-refractivity contribution in [3.63, 3.8) is 0 Å². The van der Waals surface area contributed by atoms with E-state index >= 15 is 0 Å². The van der Waals surface area contributed by atoms with Crippen LogP contribution in [0.2, 0.25) is 0 Å². The van der Waals surface area contributed by atoms with Crippen molar-refractivity contribution in [2.24, 2.45) is 0 Å². The molecule has 2 heterocycles. The van der Waals surface area contributed by atoms with Gasteiger partial charge in [0.05, 0.1) is 24.3 Å². The van der Waals surface area contributed by atoms with Crippen molar-refractivity contribution < 1.29 is 32.3 Å². The molecule has 41 heavy (non-hydrogen) atoms. The molecular formula is C31H32F3N3O4. The minimum absolute atomic E-state index is 0.215. The summed E-state index contributed by atoms with van der Waals surface area (Å²) in [6.07, 6.45) is -5.44. The number of hydrogen-bond acceptors (Lipinski definition) is 5. The van der Waals surface area contributed by atoms with Crippen LogP contribution in [-0.4, -0.2) is 65.8 Å². The van der Waals surface area contributed by atoms with Gasteiger partial charge in [-0.25, -0.2) is 4.79 Å². The van der Waals surface area contributed by atoms with Crippen molar-refractivity contribution in [1.29, 1.82) is 0 Å². The number of carbonyl (C=O) groups is 2. The van der Waals surface area contributed by atoms with E-state index < -0.39 is 36.0 Å². The Labute approximate surface area is 237 Å². The van der Waals surface area contributed by atoms with Gasteiger partial charge in [0, 0.05) is 32.6 Å². The molecule has 0 aliphatic carbocycles. The Morgan fingerprint density at radius 2 is 1.39 bits per heavy atom. The van der Waals surface area contributed by atoms with Crippen LogP contribution < -0.4 is 0 Å². The van der Waals surface area contributed by atoms with Gasteiger partial charge in [0.1, 0.15) is 0 Å². The zero-order chi connectivity index (χ0) is 29.0. The highest BCUT2D eigenvalue weighted by Gasteiger charge is 2.45. The number of alkyl halides is 3. The highest BCUT2D eigenvalue weighted by molar-refractivity contribution is 5.81. The second-order valence-electron chi connectivity index (χ2n) is 10.1. The molecule has 10 heteroatoms. The second-order valence-corrected chi connectivity index (χ2v) is 10.1. The molecule has 2 saturated heterocycles. The third-order valence-corrected chi connectivity index (χ3v) is 7.49. The van der Waals surface area contributed by atoms with E-state index in [1.165, 1.54) is 12.1 Å². The van der Waals surface area contributed by atoms with E-state index in [-0.39, 0.29) is 18.9 Å². The van der Waals surface area contributed by atoms with Crippen LogP contribution in [0, 0.1) is 0 Å². The van der Waals surface area contributed by atoms with Crippen LogP contribution in [0.1, 0.15) is 47.7 Å². The predicted molar refractivity (Wildman–Crippen MR) is 145 cm³/mol. The summed E-state index contributed by atoms with van der Waals surface area (Å²) in [6.45, 7) is 3.39. The molecule has 5 rings (SSSR count). The van der Waals surface area contributed by atoms with Crippen molar-refractivity contribution in [2.45, 2.75) is 37.7 Å². The topological polar surface area (TPSA) is 62.3 Å². The molecule has 2 atom stereocenters. The minimum Gasteiger partial charge on any atom is -0.450 e. The Hall–Kier alpha value is -3.89. The van der Waals surface area contributed by atoms with Crippen molar-refractivity contribution in [3.8, 4) is 0 Å². The normalized spacial score (nSPS) is 19.9. The fraction of sp³-hybridized carbons (Fsp3) is 0.355. The van der Waals surface area contributed by atoms with E-state index in [2.05, 4.69) is 0 Å². The summed E-state index contributed by atoms with van der Waals surface area (Å²) >= 11 is 0. The maximum absolute atomic E-state index is 13.7. The number of carbonyl (C=O) groups excluding carboxylic acids is 2. The van der Waals surface area contributed by atoms with E-state index in [9.17, 15) is 22.8 Å². The summed E-state index contributed by atoms with van der Waals surface area (Å²) < 4.78 is 45.0. The first-order valence-electron chi connectivity index (χ1n) is 13.7. The van der Waals surface area contributed by atoms with Gasteiger partial charge in [0.2, 0.25) is 0 Å². The lowest BCUT2D eigenvalue weighted by molar-refractivity contribution is -0.194. The van der Waals surface area contributed by atoms with Gasteiger partial charge in [-0.3, -0.25) is 9.63 Å². The highest BCUT2D eigenvalue weighted by atomic mass is 19.4. The number of benzene rings is 3. The summed E-state index contributed by atoms with van der Waals surface area (Å²) in [7, 11) is 0. The first-order valence-corrected chi connectivity index (χ1v) is 13.7. The molecule has 0 bridgehead atoms. The molecule has 216 valence electrons. The molecule has 2 amide bonds. The molecule has 2 aliphatic heterocycles. The zero-order valence-corrected chi connectivity index (χ0v) is 22.7. The fourth-order valence-corrected chi connectivity index (χ4v) is 5.42. The average molecular weight is 568 g/mol. The molecule has 2 fully saturated rings. The van der Waals surface area contributed by atoms with E-state index in [1.807, 2.05) is 60.7 Å². The van der Waals surface area contributed by atoms with Gasteiger partial charge < -0.3 is 14.5 Å². The van der Waals surface area contributed by atoms with Crippen LogP contribution >= 0.6 is 0 Å². The molecular weight excluding hydrogens is 535 g/mol. The average Bonchev–Trinajstić information content (AvgIpc) is 3.43. The molecule has 3 aromatic carbocycles. The smallest absolute Gasteiger partial charge is 0.416 e. The summed E-state index contributed by atoms with van der Waals surface area (Å²) in [4.78, 5) is 35.5. The standard InChI is InChI=1S/C31H32F3N3O4/c1-2-40-30(39)36-19-17-35(18-20-36)29(38)27-21-26(22-13-15-25(16-14-22)31(32,33)34)37(41-27)28(23-9-5-3-6-10-23)24-11-7-4-8-12-24/h3-16,26-28H,2,17-21H2,1H3. The van der Waals surface area contributed by atoms with Gasteiger partial charge in [0.15, 0.2) is 6.10 Å². The zero-order valence-electron chi connectivity index (χ0n) is 22.7. The third-order valence-electron chi connectivity index (χ3n) is 7.49. The maximum Gasteiger partial charge on any atom is 0.416 e. The molecule has 0 N–H and O–H groups in total. The molecule has 0 spiro atoms. The molecule has 0 saturated carbocycles. The van der Waals surface area contributed by atoms with Crippen LogP contribution in [0.5, 0.6) is 0 Å². The lowest BCUT2D eigenvalue weighted by Crippen LogP contribution is -2.53. The SMILES string of the molecule is CCOC(=O)N1CCN(C(=O)C2CC(c3ccc(C(F)(F)F)cc3)N(C(c3ccccc3)c3ccccc3)O2)CC1. The monoisotopic (exact) mass is 567 g/mol. The van der Waals surface area contributed by atoms with Gasteiger partial charge in [-0.2, -0.15) is 18.2 Å². The van der Waals surface area contributed by atoms with Gasteiger partial charge in [-0.05, 0) is 35.7 Å². The molecule has 2 aliphatic rings. The van der Waals surface area contributed by atoms with Crippen LogP contribution in [-0.2, 0) is 20.5 Å². The maximum atomic E-state index is 13.7. The molecule has 0 radical (unpaired) electrons. The number of nitrogens with zero attached hydrogens (tertiary/aromatic N) is 3. The Bertz CT molecular complexity index is 1270. The second kappa shape index (κ2) is 12.3. The Morgan fingerprint density at radius 1 is 0.854 bits per heavy atom. The van der Waals surface area contributed by atoms with Crippen LogP contribution in [0.3, 0.4) is 0 Å². The molecule has 0 aromatic heterocycles. The number of rotatable bonds is 6. The molecule has 3 aromatic rings. The van der Waals surface area contributed by atoms with Crippen LogP contribution in [0.4, 0.5) is 18.0 Å². The molecule has 2 unspecified atom stereocenters. The Balaban J connectivity index is 1.44. The highest BCUT2D eigenvalue weighted by Crippen LogP contribution is 2.44. The van der Waals surface area contributed by atoms with Crippen molar-refractivity contribution in [1.82, 2.24) is 14.9 Å². The summed E-state index contributed by atoms with van der Waals surface area (Å²) in [6, 6.07) is 23.5. The summed E-state index contributed by atoms with van der Waals surface area (Å²) in [5.74, 6) is -0.215. The van der Waals surface area contributed by atoms with E-state index in [1.54, 1.807) is 21.8 Å². The summed E-state index contributed by atoms with van der Waals surface area (Å²) in [5, 5.41) is 1.75. The molecule has 7 nitrogen and oxygen atoms in total. The first-order chi connectivity index (χ1) is 19.8. The first kappa shape index (κ1) is 28.6. The quantitative estimate of drug-likeness (QED) is 0.375. The number of hydroxylamine groups is 2. The largest absolute Gasteiger partial charge is 0.450 e. The number of piperazine rings is 1. The van der Waals surface area contributed by atoms with E-state index in [0.717, 1.165) is 23.3 Å². The number of ether oxygens (including phenoxy) is 1. The van der Waals surface area contributed by atoms with E-state index in [4.69, 9.17) is 9.57 Å². The van der Waals surface area contributed by atoms with Crippen molar-refractivity contribution in [2.75, 3.05) is 32.8 Å². The Kier molecular flexibility index (Phi) is 8.60. The van der Waals surface area contributed by atoms with Crippen LogP contribution in [0.15, 0.2) is 84.9 Å². The van der Waals surface area contributed by atoms with Gasteiger partial charge in [-0.1, -0.05) is 72.8 Å². The van der Waals surface area contributed by atoms with Gasteiger partial charge >= 0.3 is 12.3 Å². The lowest BCUT2D eigenvalue weighted by Gasteiger charge is -2.35. The number of halogens is 3. The Morgan fingerprint density at radius 3 is 1.90 bits per heavy atom. The third kappa shape index (κ3) is 6.39. The summed E-state index contributed by atoms with van der Waals surface area (Å²) in [5.41, 5.74) is 1.73. The lowest BCUT2D eigenvalue weighted by atomic mass is 9.94. The van der Waals surface area contributed by atoms with E-state index in [0.29, 0.717) is 31.7 Å². The van der Waals surface area contributed by atoms with Gasteiger partial charge in [-0.15, -0.1) is 0 Å².